The molecule has 4 heavy (non-hydrogen) atoms. The van der Waals surface area contributed by atoms with Gasteiger partial charge in [0.1, 0.15) is 5.88 Å². The van der Waals surface area contributed by atoms with Crippen LogP contribution in [0.3, 0.4) is 0 Å². The van der Waals surface area contributed by atoms with E-state index in [-0.39, 0.29) is 0 Å². The SMILES string of the molecule is C1N=NS1. The Hall–Kier alpha value is -0.0500. The average Bonchev–Trinajstić information content (AvgIpc) is 0.722. The molecule has 0 bridgehead atoms. The topological polar surface area (TPSA) is 24.7 Å². The fraction of sp³-hybridized carbons (Fsp3) is 1.00. The highest BCUT2D eigenvalue weighted by Crippen LogP contribution is 2.11. The molecule has 0 aromatic rings. The van der Waals surface area contributed by atoms with E-state index in [1.807, 2.05) is 0 Å². The van der Waals surface area contributed by atoms with Crippen LogP contribution in [0.25, 0.3) is 0 Å². The third-order valence-corrected chi connectivity index (χ3v) is 0.693. The molecule has 0 saturated carbocycles. The molecule has 0 unspecified atom stereocenters. The summed E-state index contributed by atoms with van der Waals surface area (Å²) >= 11 is 1.50. The first-order valence-electron chi connectivity index (χ1n) is 0.987. The molecule has 22 valence electrons. The van der Waals surface area contributed by atoms with E-state index < -0.39 is 0 Å². The molecule has 0 spiro atoms. The van der Waals surface area contributed by atoms with E-state index in [0.717, 1.165) is 5.88 Å². The fourth-order valence-corrected chi connectivity index (χ4v) is 0.173. The van der Waals surface area contributed by atoms with E-state index in [0.29, 0.717) is 0 Å². The molecule has 0 aromatic carbocycles. The molecule has 0 aliphatic carbocycles. The lowest BCUT2D eigenvalue weighted by Crippen LogP contribution is -1.70. The second kappa shape index (κ2) is 0.719. The number of hydrogen-bond donors (Lipinski definition) is 0. The molecule has 0 saturated heterocycles. The number of hydrogen-bond acceptors (Lipinski definition) is 3. The highest BCUT2D eigenvalue weighted by atomic mass is 32.2. The normalized spacial score (nSPS) is 20.0. The molecule has 1 rings (SSSR count). The second-order valence-electron chi connectivity index (χ2n) is 0.481. The summed E-state index contributed by atoms with van der Waals surface area (Å²) < 4.78 is 3.46. The van der Waals surface area contributed by atoms with Gasteiger partial charge in [0.25, 0.3) is 0 Å². The maximum absolute atomic E-state index is 3.50. The maximum Gasteiger partial charge on any atom is 0.130 e. The van der Waals surface area contributed by atoms with E-state index in [1.54, 1.807) is 0 Å². The molecule has 3 heteroatoms. The first kappa shape index (κ1) is 2.20. The van der Waals surface area contributed by atoms with Gasteiger partial charge in [0.15, 0.2) is 0 Å². The van der Waals surface area contributed by atoms with Gasteiger partial charge in [0.05, 0.1) is 0 Å². The van der Waals surface area contributed by atoms with Crippen molar-refractivity contribution in [3.05, 3.63) is 0 Å². The highest BCUT2D eigenvalue weighted by Gasteiger charge is 1.85. The van der Waals surface area contributed by atoms with Gasteiger partial charge in [-0.05, 0) is 0 Å². The van der Waals surface area contributed by atoms with Crippen LogP contribution >= 0.6 is 11.9 Å². The zero-order valence-corrected chi connectivity index (χ0v) is 2.83. The Bertz CT molecular complexity index is 35.3. The minimum Gasteiger partial charge on any atom is -0.169 e. The van der Waals surface area contributed by atoms with Crippen LogP contribution in [0.2, 0.25) is 0 Å². The van der Waals surface area contributed by atoms with E-state index in [1.165, 1.54) is 11.9 Å². The van der Waals surface area contributed by atoms with Crippen LogP contribution in [0.15, 0.2) is 9.63 Å². The lowest BCUT2D eigenvalue weighted by molar-refractivity contribution is 1.15. The first-order chi connectivity index (χ1) is 2.00. The van der Waals surface area contributed by atoms with Crippen LogP contribution < -0.4 is 0 Å². The predicted molar refractivity (Wildman–Crippen MR) is 17.3 cm³/mol. The quantitative estimate of drug-likeness (QED) is 0.394. The van der Waals surface area contributed by atoms with Gasteiger partial charge in [0.2, 0.25) is 0 Å². The van der Waals surface area contributed by atoms with E-state index in [4.69, 9.17) is 0 Å². The second-order valence-corrected chi connectivity index (χ2v) is 1.16. The molecule has 2 nitrogen and oxygen atoms in total. The minimum atomic E-state index is 0.875. The fourth-order valence-electron chi connectivity index (χ4n) is 0.0577. The van der Waals surface area contributed by atoms with Crippen LogP contribution in [-0.4, -0.2) is 5.88 Å². The van der Waals surface area contributed by atoms with Crippen molar-refractivity contribution in [2.75, 3.05) is 5.88 Å². The van der Waals surface area contributed by atoms with Crippen molar-refractivity contribution in [1.29, 1.82) is 0 Å². The zero-order chi connectivity index (χ0) is 2.83. The highest BCUT2D eigenvalue weighted by molar-refractivity contribution is 7.98. The van der Waals surface area contributed by atoms with E-state index in [2.05, 4.69) is 9.63 Å². The molecule has 0 fully saturated rings. The van der Waals surface area contributed by atoms with Crippen LogP contribution in [0, 0.1) is 0 Å². The van der Waals surface area contributed by atoms with Crippen molar-refractivity contribution in [2.24, 2.45) is 9.63 Å². The molecule has 0 N–H and O–H groups in total. The molecule has 0 atom stereocenters. The van der Waals surface area contributed by atoms with Crippen LogP contribution in [-0.2, 0) is 0 Å². The molecule has 1 heterocycles. The average molecular weight is 74.1 g/mol. The van der Waals surface area contributed by atoms with Crippen LogP contribution in [0.1, 0.15) is 0 Å². The summed E-state index contributed by atoms with van der Waals surface area (Å²) in [7, 11) is 0. The monoisotopic (exact) mass is 74.0 g/mol. The van der Waals surface area contributed by atoms with Gasteiger partial charge >= 0.3 is 0 Å². The molecule has 0 amide bonds. The Labute approximate surface area is 28.4 Å². The standard InChI is InChI=1S/CH2N2S/c1-2-3-4-1/h1H2. The molecular weight excluding hydrogens is 72.1 g/mol. The Morgan fingerprint density at radius 3 is 2.00 bits per heavy atom. The van der Waals surface area contributed by atoms with Gasteiger partial charge < -0.3 is 0 Å². The molecule has 1 aliphatic heterocycles. The van der Waals surface area contributed by atoms with Crippen molar-refractivity contribution in [3.8, 4) is 0 Å². The summed E-state index contributed by atoms with van der Waals surface area (Å²) in [5.41, 5.74) is 0. The smallest absolute Gasteiger partial charge is 0.130 e. The van der Waals surface area contributed by atoms with Gasteiger partial charge in [-0.1, -0.05) is 0 Å². The summed E-state index contributed by atoms with van der Waals surface area (Å²) in [6.45, 7) is 0. The summed E-state index contributed by atoms with van der Waals surface area (Å²) in [6.07, 6.45) is 0. The van der Waals surface area contributed by atoms with Crippen LogP contribution in [0.5, 0.6) is 0 Å². The number of rotatable bonds is 0. The molecule has 1 aliphatic rings. The van der Waals surface area contributed by atoms with Crippen molar-refractivity contribution < 1.29 is 0 Å². The van der Waals surface area contributed by atoms with Gasteiger partial charge in [-0.2, -0.15) is 5.11 Å². The van der Waals surface area contributed by atoms with E-state index in [9.17, 15) is 0 Å². The molecule has 0 radical (unpaired) electrons. The van der Waals surface area contributed by atoms with Crippen molar-refractivity contribution in [3.63, 3.8) is 0 Å². The third-order valence-electron chi connectivity index (χ3n) is 0.231. The van der Waals surface area contributed by atoms with Gasteiger partial charge in [0, 0.05) is 11.9 Å². The Morgan fingerprint density at radius 2 is 2.00 bits per heavy atom. The lowest BCUT2D eigenvalue weighted by atomic mass is 11.5. The van der Waals surface area contributed by atoms with Crippen LogP contribution in [0.4, 0.5) is 0 Å². The summed E-state index contributed by atoms with van der Waals surface area (Å²) in [6, 6.07) is 0. The van der Waals surface area contributed by atoms with Gasteiger partial charge in [-0.3, -0.25) is 0 Å². The minimum absolute atomic E-state index is 0.875. The maximum atomic E-state index is 3.50. The first-order valence-corrected chi connectivity index (χ1v) is 1.93. The Morgan fingerprint density at radius 1 is 1.75 bits per heavy atom. The Balaban J connectivity index is 2.47. The molecule has 0 aromatic heterocycles. The van der Waals surface area contributed by atoms with E-state index >= 15 is 0 Å². The van der Waals surface area contributed by atoms with Crippen molar-refractivity contribution >= 4 is 11.9 Å². The summed E-state index contributed by atoms with van der Waals surface area (Å²) in [4.78, 5) is 0. The number of nitrogens with zero attached hydrogens (tertiary/aromatic N) is 2. The van der Waals surface area contributed by atoms with Crippen molar-refractivity contribution in [1.82, 2.24) is 0 Å². The largest absolute Gasteiger partial charge is 0.169 e. The third kappa shape index (κ3) is 0.113. The molecular formula is CH2N2S. The summed E-state index contributed by atoms with van der Waals surface area (Å²) in [5.74, 6) is 0.875. The van der Waals surface area contributed by atoms with Crippen molar-refractivity contribution in [2.45, 2.75) is 0 Å². The zero-order valence-electron chi connectivity index (χ0n) is 2.01. The summed E-state index contributed by atoms with van der Waals surface area (Å²) in [5, 5.41) is 3.50. The Kier molecular flexibility index (Phi) is 0.396. The van der Waals surface area contributed by atoms with Gasteiger partial charge in [-0.25, -0.2) is 0 Å². The predicted octanol–water partition coefficient (Wildman–Crippen LogP) is 1.06. The lowest BCUT2D eigenvalue weighted by Gasteiger charge is -1.89. The van der Waals surface area contributed by atoms with Gasteiger partial charge in [-0.15, -0.1) is 4.52 Å².